The summed E-state index contributed by atoms with van der Waals surface area (Å²) in [7, 11) is 1.58. The Hall–Kier alpha value is -2.83. The first-order valence-corrected chi connectivity index (χ1v) is 10.6. The van der Waals surface area contributed by atoms with E-state index in [0.717, 1.165) is 17.7 Å². The normalized spacial score (nSPS) is 22.0. The Morgan fingerprint density at radius 2 is 2.06 bits per heavy atom. The van der Waals surface area contributed by atoms with Crippen LogP contribution in [-0.4, -0.2) is 48.1 Å². The van der Waals surface area contributed by atoms with Gasteiger partial charge < -0.3 is 19.5 Å². The predicted octanol–water partition coefficient (Wildman–Crippen LogP) is 4.12. The summed E-state index contributed by atoms with van der Waals surface area (Å²) in [4.78, 5) is 27.4. The number of benzene rings is 2. The topological polar surface area (TPSA) is 76.1 Å². The molecule has 1 N–H and O–H groups in total. The van der Waals surface area contributed by atoms with Gasteiger partial charge in [-0.1, -0.05) is 23.7 Å². The van der Waals surface area contributed by atoms with Crippen LogP contribution in [0.2, 0.25) is 5.02 Å². The summed E-state index contributed by atoms with van der Waals surface area (Å²) in [6.07, 6.45) is 1.35. The van der Waals surface area contributed by atoms with Crippen LogP contribution >= 0.6 is 11.6 Å². The molecule has 31 heavy (non-hydrogen) atoms. The van der Waals surface area contributed by atoms with Crippen molar-refractivity contribution in [2.75, 3.05) is 20.3 Å². The van der Waals surface area contributed by atoms with Crippen LogP contribution < -0.4 is 4.74 Å². The molecule has 0 radical (unpaired) electrons. The van der Waals surface area contributed by atoms with Crippen LogP contribution in [0.5, 0.6) is 5.75 Å². The number of nitrogens with zero attached hydrogens (tertiary/aromatic N) is 1. The van der Waals surface area contributed by atoms with E-state index in [1.807, 2.05) is 13.0 Å². The summed E-state index contributed by atoms with van der Waals surface area (Å²) in [6, 6.07) is 11.6. The number of fused-ring (bicyclic) bond motifs is 1. The second kappa shape index (κ2) is 8.73. The lowest BCUT2D eigenvalue weighted by atomic mass is 9.94. The van der Waals surface area contributed by atoms with Gasteiger partial charge in [-0.15, -0.1) is 0 Å². The molecule has 0 bridgehead atoms. The number of carbonyl (C=O) groups excluding carboxylic acids is 2. The largest absolute Gasteiger partial charge is 0.507 e. The van der Waals surface area contributed by atoms with Crippen molar-refractivity contribution in [2.45, 2.75) is 31.9 Å². The van der Waals surface area contributed by atoms with Gasteiger partial charge in [0.05, 0.1) is 11.6 Å². The molecule has 2 aromatic carbocycles. The lowest BCUT2D eigenvalue weighted by Gasteiger charge is -2.25. The Balaban J connectivity index is 1.80. The van der Waals surface area contributed by atoms with E-state index in [9.17, 15) is 14.7 Å². The molecule has 7 heteroatoms. The van der Waals surface area contributed by atoms with Crippen molar-refractivity contribution in [1.82, 2.24) is 4.90 Å². The number of aliphatic hydroxyl groups excluding tert-OH is 1. The molecule has 0 spiro atoms. The fourth-order valence-corrected chi connectivity index (χ4v) is 4.44. The number of rotatable bonds is 6. The van der Waals surface area contributed by atoms with Crippen LogP contribution in [0.1, 0.15) is 36.1 Å². The second-order valence-electron chi connectivity index (χ2n) is 7.85. The molecule has 0 aliphatic carbocycles. The third kappa shape index (κ3) is 4.05. The Labute approximate surface area is 186 Å². The smallest absolute Gasteiger partial charge is 0.295 e. The third-order valence-electron chi connectivity index (χ3n) is 5.62. The molecule has 4 rings (SSSR count). The van der Waals surface area contributed by atoms with E-state index in [2.05, 4.69) is 0 Å². The van der Waals surface area contributed by atoms with E-state index < -0.39 is 17.7 Å². The monoisotopic (exact) mass is 441 g/mol. The van der Waals surface area contributed by atoms with Gasteiger partial charge in [-0.2, -0.15) is 0 Å². The average molecular weight is 442 g/mol. The molecule has 6 nitrogen and oxygen atoms in total. The van der Waals surface area contributed by atoms with Gasteiger partial charge in [-0.05, 0) is 54.8 Å². The number of amides is 1. The molecule has 2 aliphatic heterocycles. The Bertz CT molecular complexity index is 1060. The fourth-order valence-electron chi connectivity index (χ4n) is 4.24. The molecule has 0 aromatic heterocycles. The molecule has 2 aromatic rings. The number of hydrogen-bond acceptors (Lipinski definition) is 5. The van der Waals surface area contributed by atoms with Crippen molar-refractivity contribution >= 4 is 29.1 Å². The maximum absolute atomic E-state index is 13.0. The van der Waals surface area contributed by atoms with E-state index in [0.29, 0.717) is 35.7 Å². The Morgan fingerprint density at radius 3 is 2.81 bits per heavy atom. The van der Waals surface area contributed by atoms with Crippen LogP contribution in [0.25, 0.3) is 5.76 Å². The third-order valence-corrected chi connectivity index (χ3v) is 5.86. The zero-order chi connectivity index (χ0) is 22.1. The van der Waals surface area contributed by atoms with Crippen molar-refractivity contribution in [2.24, 2.45) is 0 Å². The molecule has 1 fully saturated rings. The number of aliphatic hydroxyl groups is 1. The fraction of sp³-hybridized carbons (Fsp3) is 0.333. The number of ether oxygens (including phenoxy) is 2. The van der Waals surface area contributed by atoms with Crippen LogP contribution in [0.3, 0.4) is 0 Å². The molecule has 2 aliphatic rings. The highest BCUT2D eigenvalue weighted by molar-refractivity contribution is 6.46. The molecule has 2 unspecified atom stereocenters. The summed E-state index contributed by atoms with van der Waals surface area (Å²) < 4.78 is 10.8. The second-order valence-corrected chi connectivity index (χ2v) is 8.29. The predicted molar refractivity (Wildman–Crippen MR) is 117 cm³/mol. The van der Waals surface area contributed by atoms with Gasteiger partial charge in [0.2, 0.25) is 0 Å². The van der Waals surface area contributed by atoms with Crippen molar-refractivity contribution in [3.05, 3.63) is 69.8 Å². The van der Waals surface area contributed by atoms with Gasteiger partial charge >= 0.3 is 0 Å². The van der Waals surface area contributed by atoms with Gasteiger partial charge in [0, 0.05) is 37.3 Å². The highest BCUT2D eigenvalue weighted by Crippen LogP contribution is 2.41. The lowest BCUT2D eigenvalue weighted by Crippen LogP contribution is -2.31. The molecule has 162 valence electrons. The average Bonchev–Trinajstić information content (AvgIpc) is 3.24. The number of methoxy groups -OCH3 is 1. The molecule has 0 saturated carbocycles. The van der Waals surface area contributed by atoms with Crippen molar-refractivity contribution in [1.29, 1.82) is 0 Å². The standard InChI is InChI=1S/C24H24ClNO5/c1-14-11-17-12-16(7-8-19(17)31-14)22(27)20-21(15-5-3-6-18(25)13-15)26(9-4-10-30-2)24(29)23(20)28/h3,5-8,12-14,21,27H,4,9-11H2,1-2H3/b22-20-. The first-order valence-electron chi connectivity index (χ1n) is 10.2. The summed E-state index contributed by atoms with van der Waals surface area (Å²) in [5.41, 5.74) is 2.18. The van der Waals surface area contributed by atoms with Gasteiger partial charge in [0.1, 0.15) is 17.6 Å². The molecule has 1 amide bonds. The number of Topliss-reactive ketones (excluding diaryl/α,β-unsaturated/α-hetero) is 1. The zero-order valence-electron chi connectivity index (χ0n) is 17.4. The Kier molecular flexibility index (Phi) is 6.03. The molecule has 2 heterocycles. The van der Waals surface area contributed by atoms with Gasteiger partial charge in [-0.3, -0.25) is 9.59 Å². The van der Waals surface area contributed by atoms with E-state index in [1.54, 1.807) is 43.5 Å². The molecular weight excluding hydrogens is 418 g/mol. The maximum Gasteiger partial charge on any atom is 0.295 e. The summed E-state index contributed by atoms with van der Waals surface area (Å²) in [6.45, 7) is 2.75. The highest BCUT2D eigenvalue weighted by Gasteiger charge is 2.45. The van der Waals surface area contributed by atoms with Gasteiger partial charge in [0.15, 0.2) is 0 Å². The Morgan fingerprint density at radius 1 is 1.26 bits per heavy atom. The minimum Gasteiger partial charge on any atom is -0.507 e. The van der Waals surface area contributed by atoms with Crippen LogP contribution in [0.4, 0.5) is 0 Å². The van der Waals surface area contributed by atoms with Gasteiger partial charge in [0.25, 0.3) is 11.7 Å². The molecular formula is C24H24ClNO5. The summed E-state index contributed by atoms with van der Waals surface area (Å²) >= 11 is 6.19. The quantitative estimate of drug-likeness (QED) is 0.316. The van der Waals surface area contributed by atoms with Gasteiger partial charge in [-0.25, -0.2) is 0 Å². The lowest BCUT2D eigenvalue weighted by molar-refractivity contribution is -0.140. The van der Waals surface area contributed by atoms with E-state index in [1.165, 1.54) is 4.90 Å². The number of hydrogen-bond donors (Lipinski definition) is 1. The highest BCUT2D eigenvalue weighted by atomic mass is 35.5. The first kappa shape index (κ1) is 21.4. The summed E-state index contributed by atoms with van der Waals surface area (Å²) in [5, 5.41) is 11.7. The van der Waals surface area contributed by atoms with E-state index >= 15 is 0 Å². The van der Waals surface area contributed by atoms with E-state index in [4.69, 9.17) is 21.1 Å². The van der Waals surface area contributed by atoms with Crippen LogP contribution in [-0.2, 0) is 20.7 Å². The number of ketones is 1. The number of halogens is 1. The number of carbonyl (C=O) groups is 2. The van der Waals surface area contributed by atoms with Crippen LogP contribution in [0.15, 0.2) is 48.0 Å². The summed E-state index contributed by atoms with van der Waals surface area (Å²) in [5.74, 6) is -0.763. The van der Waals surface area contributed by atoms with Crippen molar-refractivity contribution in [3.8, 4) is 5.75 Å². The first-order chi connectivity index (χ1) is 14.9. The minimum atomic E-state index is -0.723. The van der Waals surface area contributed by atoms with Crippen molar-refractivity contribution < 1.29 is 24.2 Å². The number of likely N-dealkylation sites (tertiary alicyclic amines) is 1. The van der Waals surface area contributed by atoms with Crippen molar-refractivity contribution in [3.63, 3.8) is 0 Å². The SMILES string of the molecule is COCCCN1C(=O)C(=O)/C(=C(\O)c2ccc3c(c2)CC(C)O3)C1c1cccc(Cl)c1. The maximum atomic E-state index is 13.0. The molecule has 1 saturated heterocycles. The zero-order valence-corrected chi connectivity index (χ0v) is 18.2. The molecule has 2 atom stereocenters. The minimum absolute atomic E-state index is 0.0604. The van der Waals surface area contributed by atoms with E-state index in [-0.39, 0.29) is 17.4 Å². The van der Waals surface area contributed by atoms with Crippen LogP contribution in [0, 0.1) is 0 Å².